The highest BCUT2D eigenvalue weighted by atomic mass is 35.5. The third kappa shape index (κ3) is 5.01. The molecule has 11 heteroatoms. The maximum atomic E-state index is 13.3. The summed E-state index contributed by atoms with van der Waals surface area (Å²) in [6.07, 6.45) is 8.94. The lowest BCUT2D eigenvalue weighted by molar-refractivity contribution is -0.130. The van der Waals surface area contributed by atoms with E-state index in [0.717, 1.165) is 58.2 Å². The van der Waals surface area contributed by atoms with Gasteiger partial charge in [-0.25, -0.2) is 0 Å². The van der Waals surface area contributed by atoms with Crippen molar-refractivity contribution in [2.75, 3.05) is 19.6 Å². The average molecular weight is 533 g/mol. The molecule has 2 amide bonds. The summed E-state index contributed by atoms with van der Waals surface area (Å²) in [7, 11) is 0. The van der Waals surface area contributed by atoms with Crippen molar-refractivity contribution in [2.24, 2.45) is 5.92 Å². The van der Waals surface area contributed by atoms with E-state index in [1.807, 2.05) is 18.7 Å². The molecule has 3 fully saturated rings. The van der Waals surface area contributed by atoms with Crippen LogP contribution in [0.3, 0.4) is 0 Å². The molecule has 10 nitrogen and oxygen atoms in total. The van der Waals surface area contributed by atoms with Gasteiger partial charge in [0.2, 0.25) is 11.8 Å². The van der Waals surface area contributed by atoms with E-state index in [4.69, 9.17) is 0 Å². The molecular weight excluding hydrogens is 496 g/mol. The predicted octanol–water partition coefficient (Wildman–Crippen LogP) is 2.24. The van der Waals surface area contributed by atoms with E-state index < -0.39 is 11.5 Å². The lowest BCUT2D eigenvalue weighted by Gasteiger charge is -2.41. The second kappa shape index (κ2) is 10.5. The molecule has 3 aliphatic rings. The van der Waals surface area contributed by atoms with Crippen molar-refractivity contribution in [1.82, 2.24) is 29.7 Å². The van der Waals surface area contributed by atoms with Crippen molar-refractivity contribution >= 4 is 35.9 Å². The number of amides is 2. The molecule has 2 aromatic rings. The Morgan fingerprint density at radius 1 is 1.24 bits per heavy atom. The predicted molar refractivity (Wildman–Crippen MR) is 143 cm³/mol. The van der Waals surface area contributed by atoms with Gasteiger partial charge in [0.05, 0.1) is 5.69 Å². The van der Waals surface area contributed by atoms with Crippen LogP contribution < -0.4 is 16.2 Å². The maximum absolute atomic E-state index is 13.3. The first-order valence-electron chi connectivity index (χ1n) is 13.1. The smallest absolute Gasteiger partial charge is 0.291 e. The standard InChI is InChI=1S/C26H36N6O4.ClH/c1-16(2)15-30-23-19(7-8-20(33)31-14-4-9-26(31)10-12-27-13-11-26)17(3)29-32(23)25(36)21(24(30)35)22(34)28-18-5-6-18;/h7-8,16,18,27,35H,4-6,9-15H2,1-3H3,(H,28,34);1H. The Labute approximate surface area is 222 Å². The van der Waals surface area contributed by atoms with Gasteiger partial charge in [0.25, 0.3) is 11.5 Å². The average Bonchev–Trinajstić information content (AvgIpc) is 3.46. The molecule has 0 aromatic carbocycles. The van der Waals surface area contributed by atoms with E-state index in [1.165, 1.54) is 4.52 Å². The molecule has 1 aliphatic carbocycles. The van der Waals surface area contributed by atoms with Gasteiger partial charge in [0.1, 0.15) is 5.65 Å². The molecule has 0 radical (unpaired) electrons. The summed E-state index contributed by atoms with van der Waals surface area (Å²) in [5, 5.41) is 21.7. The van der Waals surface area contributed by atoms with Gasteiger partial charge >= 0.3 is 0 Å². The van der Waals surface area contributed by atoms with Crippen LogP contribution in [-0.2, 0) is 11.3 Å². The third-order valence-corrected chi connectivity index (χ3v) is 7.70. The van der Waals surface area contributed by atoms with Crippen molar-refractivity contribution in [3.05, 3.63) is 33.3 Å². The van der Waals surface area contributed by atoms with E-state index in [0.29, 0.717) is 23.4 Å². The number of hydrogen-bond donors (Lipinski definition) is 3. The second-order valence-electron chi connectivity index (χ2n) is 10.9. The molecule has 3 N–H and O–H groups in total. The van der Waals surface area contributed by atoms with E-state index in [-0.39, 0.29) is 47.3 Å². The minimum Gasteiger partial charge on any atom is -0.494 e. The van der Waals surface area contributed by atoms with Gasteiger partial charge in [-0.1, -0.05) is 13.8 Å². The number of carbonyl (C=O) groups is 2. The van der Waals surface area contributed by atoms with E-state index in [2.05, 4.69) is 15.7 Å². The van der Waals surface area contributed by atoms with Crippen LogP contribution in [0.2, 0.25) is 0 Å². The fourth-order valence-corrected chi connectivity index (χ4v) is 5.72. The van der Waals surface area contributed by atoms with Crippen molar-refractivity contribution < 1.29 is 14.7 Å². The van der Waals surface area contributed by atoms with Crippen LogP contribution >= 0.6 is 12.4 Å². The number of nitrogens with zero attached hydrogens (tertiary/aromatic N) is 4. The van der Waals surface area contributed by atoms with Crippen LogP contribution in [-0.4, -0.2) is 67.2 Å². The Morgan fingerprint density at radius 2 is 1.95 bits per heavy atom. The van der Waals surface area contributed by atoms with Gasteiger partial charge in [0, 0.05) is 36.3 Å². The lowest BCUT2D eigenvalue weighted by atomic mass is 9.85. The Kier molecular flexibility index (Phi) is 7.71. The highest BCUT2D eigenvalue weighted by Crippen LogP contribution is 2.37. The number of aromatic nitrogens is 3. The van der Waals surface area contributed by atoms with Crippen LogP contribution in [0.15, 0.2) is 10.9 Å². The Balaban J connectivity index is 0.00000320. The van der Waals surface area contributed by atoms with Crippen molar-refractivity contribution in [1.29, 1.82) is 0 Å². The number of aromatic hydroxyl groups is 1. The molecule has 0 bridgehead atoms. The molecular formula is C26H37ClN6O4. The minimum absolute atomic E-state index is 0. The van der Waals surface area contributed by atoms with Crippen LogP contribution in [0, 0.1) is 12.8 Å². The van der Waals surface area contributed by atoms with Crippen LogP contribution in [0.4, 0.5) is 0 Å². The molecule has 4 heterocycles. The van der Waals surface area contributed by atoms with Crippen LogP contribution in [0.25, 0.3) is 11.7 Å². The zero-order valence-corrected chi connectivity index (χ0v) is 22.6. The van der Waals surface area contributed by atoms with Gasteiger partial charge in [-0.15, -0.1) is 12.4 Å². The van der Waals surface area contributed by atoms with Gasteiger partial charge in [-0.3, -0.25) is 19.0 Å². The molecule has 202 valence electrons. The summed E-state index contributed by atoms with van der Waals surface area (Å²) in [4.78, 5) is 41.5. The number of rotatable bonds is 6. The molecule has 5 rings (SSSR count). The van der Waals surface area contributed by atoms with Gasteiger partial charge < -0.3 is 20.6 Å². The summed E-state index contributed by atoms with van der Waals surface area (Å²) in [6.45, 7) is 8.70. The van der Waals surface area contributed by atoms with Crippen LogP contribution in [0.5, 0.6) is 5.88 Å². The first-order valence-corrected chi connectivity index (χ1v) is 13.1. The zero-order chi connectivity index (χ0) is 25.6. The van der Waals surface area contributed by atoms with Gasteiger partial charge in [0.15, 0.2) is 5.56 Å². The number of carbonyl (C=O) groups excluding carboxylic acids is 2. The summed E-state index contributed by atoms with van der Waals surface area (Å²) >= 11 is 0. The normalized spacial score (nSPS) is 19.2. The summed E-state index contributed by atoms with van der Waals surface area (Å²) in [6, 6.07) is 0.0447. The van der Waals surface area contributed by atoms with Gasteiger partial charge in [-0.2, -0.15) is 9.61 Å². The number of halogens is 1. The van der Waals surface area contributed by atoms with Crippen LogP contribution in [0.1, 0.15) is 74.0 Å². The highest BCUT2D eigenvalue weighted by Gasteiger charge is 2.43. The SMILES string of the molecule is Cc1nn2c(=O)c(C(=O)NC3CC3)c(O)n(CC(C)C)c2c1C=CC(=O)N1CCCC12CCNCC2.Cl. The molecule has 2 aliphatic heterocycles. The van der Waals surface area contributed by atoms with E-state index in [1.54, 1.807) is 23.6 Å². The number of nitrogens with one attached hydrogen (secondary N) is 2. The number of fused-ring (bicyclic) bond motifs is 1. The molecule has 2 saturated heterocycles. The second-order valence-corrected chi connectivity index (χ2v) is 10.9. The monoisotopic (exact) mass is 532 g/mol. The third-order valence-electron chi connectivity index (χ3n) is 7.70. The molecule has 0 atom stereocenters. The molecule has 0 unspecified atom stereocenters. The number of hydrogen-bond acceptors (Lipinski definition) is 6. The Morgan fingerprint density at radius 3 is 2.59 bits per heavy atom. The summed E-state index contributed by atoms with van der Waals surface area (Å²) in [5.41, 5.74) is 0.477. The first kappa shape index (κ1) is 27.2. The number of piperidine rings is 1. The molecule has 1 spiro atoms. The van der Waals surface area contributed by atoms with E-state index in [9.17, 15) is 19.5 Å². The highest BCUT2D eigenvalue weighted by molar-refractivity contribution is 5.97. The summed E-state index contributed by atoms with van der Waals surface area (Å²) < 4.78 is 2.76. The lowest BCUT2D eigenvalue weighted by Crippen LogP contribution is -2.52. The Bertz CT molecular complexity index is 1290. The number of likely N-dealkylation sites (tertiary alicyclic amines) is 1. The maximum Gasteiger partial charge on any atom is 0.291 e. The summed E-state index contributed by atoms with van der Waals surface area (Å²) in [5.74, 6) is -0.871. The largest absolute Gasteiger partial charge is 0.494 e. The van der Waals surface area contributed by atoms with Crippen molar-refractivity contribution in [3.63, 3.8) is 0 Å². The molecule has 2 aromatic heterocycles. The topological polar surface area (TPSA) is 121 Å². The quantitative estimate of drug-likeness (QED) is 0.491. The fraction of sp³-hybridized carbons (Fsp3) is 0.615. The van der Waals surface area contributed by atoms with E-state index >= 15 is 0 Å². The fourth-order valence-electron chi connectivity index (χ4n) is 5.72. The molecule has 1 saturated carbocycles. The van der Waals surface area contributed by atoms with Crippen molar-refractivity contribution in [3.8, 4) is 5.88 Å². The zero-order valence-electron chi connectivity index (χ0n) is 21.7. The van der Waals surface area contributed by atoms with Gasteiger partial charge in [-0.05, 0) is 70.5 Å². The minimum atomic E-state index is -0.664. The molecule has 37 heavy (non-hydrogen) atoms. The number of aryl methyl sites for hydroxylation is 1. The Hall–Kier alpha value is -2.85. The van der Waals surface area contributed by atoms with Crippen molar-refractivity contribution in [2.45, 2.75) is 77.4 Å². The first-order chi connectivity index (χ1) is 17.2.